The largest absolute Gasteiger partial charge is 0.327 e. The average molecular weight is 395 g/mol. The molecular formula is C16H22N6O2S2. The first-order valence-corrected chi connectivity index (χ1v) is 10.8. The molecule has 0 aliphatic rings. The van der Waals surface area contributed by atoms with Crippen molar-refractivity contribution in [3.63, 3.8) is 0 Å². The molecule has 0 spiro atoms. The number of nitrogens with two attached hydrogens (primary N) is 1. The maximum atomic E-state index is 11.6. The third-order valence-electron chi connectivity index (χ3n) is 4.25. The second-order valence-corrected chi connectivity index (χ2v) is 8.61. The van der Waals surface area contributed by atoms with Crippen molar-refractivity contribution >= 4 is 32.8 Å². The number of primary sulfonamides is 1. The van der Waals surface area contributed by atoms with Gasteiger partial charge in [0.25, 0.3) is 0 Å². The summed E-state index contributed by atoms with van der Waals surface area (Å²) < 4.78 is 27.3. The lowest BCUT2D eigenvalue weighted by Crippen LogP contribution is -2.11. The van der Waals surface area contributed by atoms with Crippen molar-refractivity contribution in [2.24, 2.45) is 12.2 Å². The van der Waals surface area contributed by atoms with Gasteiger partial charge in [0, 0.05) is 13.6 Å². The molecule has 0 aliphatic carbocycles. The Labute approximate surface area is 156 Å². The molecule has 140 valence electrons. The second kappa shape index (κ2) is 7.37. The van der Waals surface area contributed by atoms with Gasteiger partial charge >= 0.3 is 0 Å². The molecule has 8 nitrogen and oxygen atoms in total. The Kier molecular flexibility index (Phi) is 5.35. The molecular weight excluding hydrogens is 372 g/mol. The van der Waals surface area contributed by atoms with E-state index < -0.39 is 10.0 Å². The number of fused-ring (bicyclic) bond motifs is 1. The van der Waals surface area contributed by atoms with Crippen LogP contribution in [0.25, 0.3) is 11.0 Å². The molecule has 0 aliphatic heterocycles. The summed E-state index contributed by atoms with van der Waals surface area (Å²) in [4.78, 5) is 4.73. The van der Waals surface area contributed by atoms with Crippen LogP contribution in [-0.2, 0) is 29.4 Å². The quantitative estimate of drug-likeness (QED) is 0.616. The number of unbranched alkanes of at least 4 members (excludes halogenated alkanes) is 1. The highest BCUT2D eigenvalue weighted by Gasteiger charge is 2.16. The van der Waals surface area contributed by atoms with E-state index in [-0.39, 0.29) is 4.90 Å². The zero-order chi connectivity index (χ0) is 18.9. The summed E-state index contributed by atoms with van der Waals surface area (Å²) in [5, 5.41) is 14.3. The van der Waals surface area contributed by atoms with E-state index in [4.69, 9.17) is 5.14 Å². The van der Waals surface area contributed by atoms with E-state index in [9.17, 15) is 8.42 Å². The van der Waals surface area contributed by atoms with Gasteiger partial charge in [0.1, 0.15) is 11.6 Å². The van der Waals surface area contributed by atoms with Gasteiger partial charge in [-0.25, -0.2) is 18.5 Å². The Balaban J connectivity index is 1.97. The maximum absolute atomic E-state index is 11.6. The highest BCUT2D eigenvalue weighted by Crippen LogP contribution is 2.26. The van der Waals surface area contributed by atoms with Crippen LogP contribution in [0.1, 0.15) is 31.4 Å². The number of aromatic nitrogens is 5. The van der Waals surface area contributed by atoms with E-state index in [0.29, 0.717) is 11.3 Å². The SMILES string of the molecule is CCCCn1c(CSc2nnc(C)n2C)nc2cc(S(N)(=O)=O)ccc21. The highest BCUT2D eigenvalue weighted by molar-refractivity contribution is 7.98. The third kappa shape index (κ3) is 3.76. The minimum Gasteiger partial charge on any atom is -0.327 e. The van der Waals surface area contributed by atoms with Crippen molar-refractivity contribution in [1.82, 2.24) is 24.3 Å². The van der Waals surface area contributed by atoms with Crippen LogP contribution in [0.3, 0.4) is 0 Å². The molecule has 0 fully saturated rings. The summed E-state index contributed by atoms with van der Waals surface area (Å²) in [6, 6.07) is 4.84. The van der Waals surface area contributed by atoms with Crippen LogP contribution in [-0.4, -0.2) is 32.7 Å². The van der Waals surface area contributed by atoms with Gasteiger partial charge < -0.3 is 9.13 Å². The lowest BCUT2D eigenvalue weighted by molar-refractivity contribution is 0.598. The van der Waals surface area contributed by atoms with E-state index in [2.05, 4.69) is 26.7 Å². The molecule has 0 saturated heterocycles. The van der Waals surface area contributed by atoms with Crippen LogP contribution in [0, 0.1) is 6.92 Å². The monoisotopic (exact) mass is 394 g/mol. The summed E-state index contributed by atoms with van der Waals surface area (Å²) in [6.45, 7) is 4.87. The number of benzene rings is 1. The first-order valence-electron chi connectivity index (χ1n) is 8.32. The molecule has 2 aromatic heterocycles. The normalized spacial score (nSPS) is 12.2. The standard InChI is InChI=1S/C16H22N6O2S2/c1-4-5-8-22-14-7-6-12(26(17,23)24)9-13(14)18-15(22)10-25-16-20-19-11(2)21(16)3/h6-7,9H,4-5,8,10H2,1-3H3,(H2,17,23,24). The van der Waals surface area contributed by atoms with Crippen LogP contribution in [0.15, 0.2) is 28.3 Å². The van der Waals surface area contributed by atoms with Crippen LogP contribution in [0.4, 0.5) is 0 Å². The van der Waals surface area contributed by atoms with E-state index in [1.54, 1.807) is 17.8 Å². The number of hydrogen-bond acceptors (Lipinski definition) is 6. The Bertz CT molecular complexity index is 1040. The van der Waals surface area contributed by atoms with Gasteiger partial charge in [-0.05, 0) is 31.5 Å². The van der Waals surface area contributed by atoms with Crippen LogP contribution in [0.5, 0.6) is 0 Å². The molecule has 10 heteroatoms. The molecule has 0 atom stereocenters. The lowest BCUT2D eigenvalue weighted by atomic mass is 10.3. The van der Waals surface area contributed by atoms with E-state index in [1.165, 1.54) is 12.1 Å². The van der Waals surface area contributed by atoms with Crippen molar-refractivity contribution in [3.05, 3.63) is 29.8 Å². The second-order valence-electron chi connectivity index (χ2n) is 6.11. The van der Waals surface area contributed by atoms with Crippen molar-refractivity contribution in [1.29, 1.82) is 0 Å². The Morgan fingerprint density at radius 1 is 1.27 bits per heavy atom. The molecule has 0 saturated carbocycles. The molecule has 0 bridgehead atoms. The molecule has 1 aromatic carbocycles. The fourth-order valence-electron chi connectivity index (χ4n) is 2.65. The predicted molar refractivity (Wildman–Crippen MR) is 101 cm³/mol. The number of hydrogen-bond donors (Lipinski definition) is 1. The highest BCUT2D eigenvalue weighted by atomic mass is 32.2. The number of thioether (sulfide) groups is 1. The predicted octanol–water partition coefficient (Wildman–Crippen LogP) is 2.21. The Morgan fingerprint density at radius 3 is 2.65 bits per heavy atom. The molecule has 2 N–H and O–H groups in total. The van der Waals surface area contributed by atoms with Crippen molar-refractivity contribution < 1.29 is 8.42 Å². The molecule has 3 rings (SSSR count). The molecule has 0 unspecified atom stereocenters. The summed E-state index contributed by atoms with van der Waals surface area (Å²) in [6.07, 6.45) is 2.08. The molecule has 0 radical (unpaired) electrons. The molecule has 26 heavy (non-hydrogen) atoms. The third-order valence-corrected chi connectivity index (χ3v) is 6.17. The van der Waals surface area contributed by atoms with E-state index >= 15 is 0 Å². The minimum atomic E-state index is -3.75. The van der Waals surface area contributed by atoms with Crippen LogP contribution in [0.2, 0.25) is 0 Å². The first kappa shape index (κ1) is 18.9. The van der Waals surface area contributed by atoms with Gasteiger partial charge in [-0.15, -0.1) is 10.2 Å². The topological polar surface area (TPSA) is 109 Å². The number of nitrogens with zero attached hydrogens (tertiary/aromatic N) is 5. The number of imidazole rings is 1. The Hall–Kier alpha value is -1.91. The van der Waals surface area contributed by atoms with E-state index in [0.717, 1.165) is 41.7 Å². The average Bonchev–Trinajstić information content (AvgIpc) is 3.10. The molecule has 3 aromatic rings. The van der Waals surface area contributed by atoms with Gasteiger partial charge in [0.2, 0.25) is 10.0 Å². The smallest absolute Gasteiger partial charge is 0.238 e. The van der Waals surface area contributed by atoms with Crippen molar-refractivity contribution in [3.8, 4) is 0 Å². The molecule has 2 heterocycles. The minimum absolute atomic E-state index is 0.0771. The van der Waals surface area contributed by atoms with Gasteiger partial charge in [-0.2, -0.15) is 0 Å². The first-order chi connectivity index (χ1) is 12.3. The van der Waals surface area contributed by atoms with Crippen LogP contribution >= 0.6 is 11.8 Å². The van der Waals surface area contributed by atoms with Crippen molar-refractivity contribution in [2.45, 2.75) is 49.0 Å². The summed E-state index contributed by atoms with van der Waals surface area (Å²) in [5.74, 6) is 2.35. The Morgan fingerprint density at radius 2 is 2.04 bits per heavy atom. The zero-order valence-corrected chi connectivity index (χ0v) is 16.6. The van der Waals surface area contributed by atoms with E-state index in [1.807, 2.05) is 18.5 Å². The maximum Gasteiger partial charge on any atom is 0.238 e. The van der Waals surface area contributed by atoms with Gasteiger partial charge in [-0.1, -0.05) is 25.1 Å². The van der Waals surface area contributed by atoms with Gasteiger partial charge in [0.05, 0.1) is 21.7 Å². The molecule has 0 amide bonds. The fraction of sp³-hybridized carbons (Fsp3) is 0.438. The summed E-state index contributed by atoms with van der Waals surface area (Å²) in [5.41, 5.74) is 1.55. The van der Waals surface area contributed by atoms with Crippen LogP contribution < -0.4 is 5.14 Å². The number of rotatable bonds is 7. The van der Waals surface area contributed by atoms with Gasteiger partial charge in [0.15, 0.2) is 5.16 Å². The van der Waals surface area contributed by atoms with Gasteiger partial charge in [-0.3, -0.25) is 0 Å². The zero-order valence-electron chi connectivity index (χ0n) is 15.0. The number of sulfonamides is 1. The fourth-order valence-corrected chi connectivity index (χ4v) is 4.09. The lowest BCUT2D eigenvalue weighted by Gasteiger charge is -2.08. The summed E-state index contributed by atoms with van der Waals surface area (Å²) >= 11 is 1.56. The number of aryl methyl sites for hydroxylation is 2. The summed E-state index contributed by atoms with van der Waals surface area (Å²) in [7, 11) is -1.82. The van der Waals surface area contributed by atoms with Crippen molar-refractivity contribution in [2.75, 3.05) is 0 Å².